The van der Waals surface area contributed by atoms with E-state index in [1.54, 1.807) is 12.1 Å². The van der Waals surface area contributed by atoms with Gasteiger partial charge in [0.25, 0.3) is 5.91 Å². The van der Waals surface area contributed by atoms with Crippen molar-refractivity contribution < 1.29 is 18.7 Å². The number of hydrogen-bond acceptors (Lipinski definition) is 6. The zero-order valence-corrected chi connectivity index (χ0v) is 17.8. The van der Waals surface area contributed by atoms with E-state index in [9.17, 15) is 14.3 Å². The fourth-order valence-electron chi connectivity index (χ4n) is 3.71. The van der Waals surface area contributed by atoms with Crippen LogP contribution in [-0.2, 0) is 13.1 Å². The fourth-order valence-corrected chi connectivity index (χ4v) is 3.71. The van der Waals surface area contributed by atoms with E-state index in [2.05, 4.69) is 20.1 Å². The monoisotopic (exact) mass is 438 g/mol. The normalized spacial score (nSPS) is 16.1. The average molecular weight is 439 g/mol. The van der Waals surface area contributed by atoms with Gasteiger partial charge in [0.15, 0.2) is 5.69 Å². The second-order valence-electron chi connectivity index (χ2n) is 7.94. The van der Waals surface area contributed by atoms with Crippen molar-refractivity contribution in [2.45, 2.75) is 19.2 Å². The summed E-state index contributed by atoms with van der Waals surface area (Å²) in [5.74, 6) is -0.145. The van der Waals surface area contributed by atoms with Gasteiger partial charge in [0.1, 0.15) is 12.1 Å². The number of aromatic nitrogens is 1. The van der Waals surface area contributed by atoms with Crippen molar-refractivity contribution in [1.82, 2.24) is 20.1 Å². The van der Waals surface area contributed by atoms with E-state index in [0.29, 0.717) is 19.0 Å². The van der Waals surface area contributed by atoms with Gasteiger partial charge in [0, 0.05) is 39.3 Å². The molecule has 0 radical (unpaired) electrons. The van der Waals surface area contributed by atoms with Gasteiger partial charge in [0.2, 0.25) is 5.89 Å². The fraction of sp³-hybridized carbons (Fsp3) is 0.333. The number of hydrogen-bond donors (Lipinski definition) is 2. The highest BCUT2D eigenvalue weighted by molar-refractivity contribution is 5.91. The third-order valence-corrected chi connectivity index (χ3v) is 5.59. The van der Waals surface area contributed by atoms with Crippen LogP contribution in [0.25, 0.3) is 0 Å². The number of nitrogens with one attached hydrogen (secondary N) is 1. The standard InChI is InChI=1S/C24H27FN4O3/c25-20-8-6-18(7-9-20)14-26-24(31)21-17-32-23(27-21)16-29-12-10-28(11-13-29)15-22(30)19-4-2-1-3-5-19/h1-9,17,22,30H,10-16H2,(H,26,31). The quantitative estimate of drug-likeness (QED) is 0.563. The van der Waals surface area contributed by atoms with Crippen molar-refractivity contribution in [3.05, 3.63) is 89.4 Å². The molecule has 1 amide bonds. The van der Waals surface area contributed by atoms with Crippen LogP contribution in [0.2, 0.25) is 0 Å². The molecule has 1 aliphatic heterocycles. The molecule has 1 aliphatic rings. The summed E-state index contributed by atoms with van der Waals surface area (Å²) in [6, 6.07) is 15.7. The summed E-state index contributed by atoms with van der Waals surface area (Å²) in [5, 5.41) is 13.2. The Labute approximate surface area is 186 Å². The Hall–Kier alpha value is -3.07. The topological polar surface area (TPSA) is 81.8 Å². The molecule has 2 aromatic carbocycles. The van der Waals surface area contributed by atoms with Crippen molar-refractivity contribution in [2.24, 2.45) is 0 Å². The zero-order valence-electron chi connectivity index (χ0n) is 17.8. The lowest BCUT2D eigenvalue weighted by Crippen LogP contribution is -2.47. The Morgan fingerprint density at radius 1 is 1.06 bits per heavy atom. The first kappa shape index (κ1) is 22.1. The predicted molar refractivity (Wildman–Crippen MR) is 117 cm³/mol. The van der Waals surface area contributed by atoms with Crippen LogP contribution in [0.15, 0.2) is 65.3 Å². The third-order valence-electron chi connectivity index (χ3n) is 5.59. The molecular formula is C24H27FN4O3. The Kier molecular flexibility index (Phi) is 7.26. The molecule has 168 valence electrons. The maximum atomic E-state index is 13.0. The largest absolute Gasteiger partial charge is 0.447 e. The highest BCUT2D eigenvalue weighted by Crippen LogP contribution is 2.16. The van der Waals surface area contributed by atoms with Crippen molar-refractivity contribution in [3.8, 4) is 0 Å². The van der Waals surface area contributed by atoms with Crippen LogP contribution in [0.4, 0.5) is 4.39 Å². The smallest absolute Gasteiger partial charge is 0.273 e. The molecular weight excluding hydrogens is 411 g/mol. The number of carbonyl (C=O) groups is 1. The number of halogens is 1. The highest BCUT2D eigenvalue weighted by atomic mass is 19.1. The van der Waals surface area contributed by atoms with Gasteiger partial charge in [-0.25, -0.2) is 9.37 Å². The summed E-state index contributed by atoms with van der Waals surface area (Å²) < 4.78 is 18.5. The summed E-state index contributed by atoms with van der Waals surface area (Å²) in [7, 11) is 0. The Morgan fingerprint density at radius 3 is 2.47 bits per heavy atom. The van der Waals surface area contributed by atoms with Crippen LogP contribution in [0.5, 0.6) is 0 Å². The van der Waals surface area contributed by atoms with E-state index in [0.717, 1.165) is 37.3 Å². The minimum absolute atomic E-state index is 0.228. The molecule has 2 N–H and O–H groups in total. The van der Waals surface area contributed by atoms with Crippen LogP contribution < -0.4 is 5.32 Å². The lowest BCUT2D eigenvalue weighted by atomic mass is 10.1. The second kappa shape index (κ2) is 10.5. The molecule has 32 heavy (non-hydrogen) atoms. The van der Waals surface area contributed by atoms with Gasteiger partial charge >= 0.3 is 0 Å². The molecule has 1 unspecified atom stereocenters. The van der Waals surface area contributed by atoms with E-state index < -0.39 is 6.10 Å². The number of β-amino-alcohol motifs (C(OH)–C–C–N with tert-alkyl or cyclic N) is 1. The first-order valence-electron chi connectivity index (χ1n) is 10.7. The van der Waals surface area contributed by atoms with Crippen molar-refractivity contribution >= 4 is 5.91 Å². The van der Waals surface area contributed by atoms with Gasteiger partial charge in [-0.2, -0.15) is 0 Å². The molecule has 1 atom stereocenters. The number of aliphatic hydroxyl groups excluding tert-OH is 1. The van der Waals surface area contributed by atoms with Gasteiger partial charge < -0.3 is 14.8 Å². The SMILES string of the molecule is O=C(NCc1ccc(F)cc1)c1coc(CN2CCN(CC(O)c3ccccc3)CC2)n1. The summed E-state index contributed by atoms with van der Waals surface area (Å²) in [5.41, 5.74) is 1.96. The van der Waals surface area contributed by atoms with Crippen molar-refractivity contribution in [2.75, 3.05) is 32.7 Å². The molecule has 1 fully saturated rings. The molecule has 0 bridgehead atoms. The summed E-state index contributed by atoms with van der Waals surface area (Å²) in [6.07, 6.45) is 0.868. The summed E-state index contributed by atoms with van der Waals surface area (Å²) in [6.45, 7) is 4.77. The molecule has 0 spiro atoms. The van der Waals surface area contributed by atoms with Gasteiger partial charge in [0.05, 0.1) is 12.6 Å². The Balaban J connectivity index is 1.21. The van der Waals surface area contributed by atoms with Gasteiger partial charge in [-0.1, -0.05) is 42.5 Å². The van der Waals surface area contributed by atoms with Gasteiger partial charge in [-0.3, -0.25) is 14.6 Å². The summed E-state index contributed by atoms with van der Waals surface area (Å²) in [4.78, 5) is 21.1. The number of oxazole rings is 1. The van der Waals surface area contributed by atoms with Crippen LogP contribution in [0.1, 0.15) is 33.6 Å². The number of nitrogens with zero attached hydrogens (tertiary/aromatic N) is 3. The first-order chi connectivity index (χ1) is 15.6. The number of carbonyl (C=O) groups excluding carboxylic acids is 1. The van der Waals surface area contributed by atoms with Crippen LogP contribution in [0.3, 0.4) is 0 Å². The Morgan fingerprint density at radius 2 is 1.75 bits per heavy atom. The third kappa shape index (κ3) is 6.00. The number of aliphatic hydroxyl groups is 1. The number of amides is 1. The van der Waals surface area contributed by atoms with Crippen LogP contribution >= 0.6 is 0 Å². The molecule has 8 heteroatoms. The first-order valence-corrected chi connectivity index (χ1v) is 10.7. The van der Waals surface area contributed by atoms with Crippen molar-refractivity contribution in [3.63, 3.8) is 0 Å². The molecule has 0 aliphatic carbocycles. The maximum absolute atomic E-state index is 13.0. The lowest BCUT2D eigenvalue weighted by Gasteiger charge is -2.35. The molecule has 1 saturated heterocycles. The second-order valence-corrected chi connectivity index (χ2v) is 7.94. The molecule has 7 nitrogen and oxygen atoms in total. The number of benzene rings is 2. The van der Waals surface area contributed by atoms with E-state index >= 15 is 0 Å². The summed E-state index contributed by atoms with van der Waals surface area (Å²) >= 11 is 0. The Bertz CT molecular complexity index is 1000. The van der Waals surface area contributed by atoms with E-state index in [1.807, 2.05) is 30.3 Å². The molecule has 2 heterocycles. The molecule has 4 rings (SSSR count). The van der Waals surface area contributed by atoms with Crippen LogP contribution in [-0.4, -0.2) is 58.5 Å². The van der Waals surface area contributed by atoms with E-state index in [-0.39, 0.29) is 24.0 Å². The van der Waals surface area contributed by atoms with Crippen LogP contribution in [0, 0.1) is 5.82 Å². The number of rotatable bonds is 8. The zero-order chi connectivity index (χ0) is 22.3. The van der Waals surface area contributed by atoms with Crippen molar-refractivity contribution in [1.29, 1.82) is 0 Å². The number of piperazine rings is 1. The van der Waals surface area contributed by atoms with Gasteiger partial charge in [-0.15, -0.1) is 0 Å². The van der Waals surface area contributed by atoms with Gasteiger partial charge in [-0.05, 0) is 23.3 Å². The van der Waals surface area contributed by atoms with E-state index in [4.69, 9.17) is 4.42 Å². The molecule has 3 aromatic rings. The maximum Gasteiger partial charge on any atom is 0.273 e. The predicted octanol–water partition coefficient (Wildman–Crippen LogP) is 2.59. The highest BCUT2D eigenvalue weighted by Gasteiger charge is 2.22. The lowest BCUT2D eigenvalue weighted by molar-refractivity contribution is 0.0671. The average Bonchev–Trinajstić information content (AvgIpc) is 3.29. The minimum Gasteiger partial charge on any atom is -0.447 e. The van der Waals surface area contributed by atoms with E-state index in [1.165, 1.54) is 18.4 Å². The molecule has 1 aromatic heterocycles. The molecule has 0 saturated carbocycles. The minimum atomic E-state index is -0.495.